The Morgan fingerprint density at radius 2 is 2.29 bits per heavy atom. The summed E-state index contributed by atoms with van der Waals surface area (Å²) < 4.78 is 4.92. The maximum absolute atomic E-state index is 11.7. The van der Waals surface area contributed by atoms with Crippen LogP contribution in [-0.2, 0) is 4.79 Å². The Kier molecular flexibility index (Phi) is 4.92. The second-order valence-corrected chi connectivity index (χ2v) is 4.14. The molecule has 0 aliphatic rings. The normalized spacial score (nSPS) is 11.9. The number of aliphatic carboxylic acids is 1. The SMILES string of the molecule is COc1csc(C(=O)N[C@H](CCO)C(=O)O)c1. The first-order valence-electron chi connectivity index (χ1n) is 4.85. The number of methoxy groups -OCH3 is 1. The summed E-state index contributed by atoms with van der Waals surface area (Å²) in [4.78, 5) is 22.8. The number of amides is 1. The second kappa shape index (κ2) is 6.21. The van der Waals surface area contributed by atoms with Crippen molar-refractivity contribution in [1.29, 1.82) is 0 Å². The molecule has 17 heavy (non-hydrogen) atoms. The van der Waals surface area contributed by atoms with Crippen molar-refractivity contribution >= 4 is 23.2 Å². The molecular weight excluding hydrogens is 246 g/mol. The summed E-state index contributed by atoms with van der Waals surface area (Å²) in [6, 6.07) is 0.443. The lowest BCUT2D eigenvalue weighted by Gasteiger charge is -2.11. The predicted octanol–water partition coefficient (Wildman–Crippen LogP) is 0.322. The fourth-order valence-corrected chi connectivity index (χ4v) is 1.92. The second-order valence-electron chi connectivity index (χ2n) is 3.23. The van der Waals surface area contributed by atoms with Gasteiger partial charge in [-0.1, -0.05) is 0 Å². The van der Waals surface area contributed by atoms with E-state index in [1.165, 1.54) is 13.2 Å². The van der Waals surface area contributed by atoms with Gasteiger partial charge in [0.15, 0.2) is 0 Å². The van der Waals surface area contributed by atoms with Crippen molar-refractivity contribution in [3.8, 4) is 5.75 Å². The Morgan fingerprint density at radius 1 is 1.59 bits per heavy atom. The number of aliphatic hydroxyl groups excluding tert-OH is 1. The zero-order valence-corrected chi connectivity index (χ0v) is 9.99. The van der Waals surface area contributed by atoms with E-state index in [1.807, 2.05) is 0 Å². The Hall–Kier alpha value is -1.60. The van der Waals surface area contributed by atoms with Crippen molar-refractivity contribution in [2.75, 3.05) is 13.7 Å². The number of hydrogen-bond acceptors (Lipinski definition) is 5. The molecule has 0 unspecified atom stereocenters. The molecule has 0 spiro atoms. The van der Waals surface area contributed by atoms with Gasteiger partial charge in [0, 0.05) is 24.5 Å². The molecule has 3 N–H and O–H groups in total. The van der Waals surface area contributed by atoms with Crippen LogP contribution >= 0.6 is 11.3 Å². The highest BCUT2D eigenvalue weighted by atomic mass is 32.1. The van der Waals surface area contributed by atoms with Crippen LogP contribution in [0.25, 0.3) is 0 Å². The minimum atomic E-state index is -1.17. The van der Waals surface area contributed by atoms with Gasteiger partial charge in [-0.2, -0.15) is 0 Å². The Bertz CT molecular complexity index is 403. The molecular formula is C10H13NO5S. The number of carbonyl (C=O) groups excluding carboxylic acids is 1. The Balaban J connectivity index is 2.66. The van der Waals surface area contributed by atoms with Crippen molar-refractivity contribution in [2.24, 2.45) is 0 Å². The highest BCUT2D eigenvalue weighted by molar-refractivity contribution is 7.12. The first-order valence-corrected chi connectivity index (χ1v) is 5.73. The van der Waals surface area contributed by atoms with Gasteiger partial charge in [-0.15, -0.1) is 11.3 Å². The van der Waals surface area contributed by atoms with Crippen LogP contribution in [0.15, 0.2) is 11.4 Å². The summed E-state index contributed by atoms with van der Waals surface area (Å²) in [6.07, 6.45) is -0.0242. The van der Waals surface area contributed by atoms with Crippen LogP contribution in [0.2, 0.25) is 0 Å². The van der Waals surface area contributed by atoms with Crippen molar-refractivity contribution in [1.82, 2.24) is 5.32 Å². The van der Waals surface area contributed by atoms with Crippen molar-refractivity contribution in [3.63, 3.8) is 0 Å². The summed E-state index contributed by atoms with van der Waals surface area (Å²) in [5, 5.41) is 21.5. The molecule has 1 amide bonds. The van der Waals surface area contributed by atoms with E-state index in [4.69, 9.17) is 14.9 Å². The number of nitrogens with one attached hydrogen (secondary N) is 1. The summed E-state index contributed by atoms with van der Waals surface area (Å²) in [6.45, 7) is -0.301. The summed E-state index contributed by atoms with van der Waals surface area (Å²) in [7, 11) is 1.48. The molecule has 7 heteroatoms. The van der Waals surface area contributed by atoms with Crippen molar-refractivity contribution < 1.29 is 24.5 Å². The monoisotopic (exact) mass is 259 g/mol. The standard InChI is InChI=1S/C10H13NO5S/c1-16-6-4-8(17-5-6)9(13)11-7(2-3-12)10(14)15/h4-5,7,12H,2-3H2,1H3,(H,11,13)(H,14,15)/t7-/m1/s1. The lowest BCUT2D eigenvalue weighted by molar-refractivity contribution is -0.139. The van der Waals surface area contributed by atoms with Gasteiger partial charge in [0.25, 0.3) is 5.91 Å². The van der Waals surface area contributed by atoms with Gasteiger partial charge in [0.1, 0.15) is 11.8 Å². The number of rotatable bonds is 6. The van der Waals surface area contributed by atoms with Crippen molar-refractivity contribution in [2.45, 2.75) is 12.5 Å². The van der Waals surface area contributed by atoms with E-state index in [0.29, 0.717) is 10.6 Å². The fraction of sp³-hybridized carbons (Fsp3) is 0.400. The number of carboxylic acid groups (broad SMARTS) is 1. The first-order chi connectivity index (χ1) is 8.08. The first kappa shape index (κ1) is 13.5. The molecule has 1 atom stereocenters. The molecule has 1 aromatic heterocycles. The molecule has 0 radical (unpaired) electrons. The lowest BCUT2D eigenvalue weighted by atomic mass is 10.2. The van der Waals surface area contributed by atoms with Crippen LogP contribution < -0.4 is 10.1 Å². The zero-order valence-electron chi connectivity index (χ0n) is 9.17. The molecule has 1 heterocycles. The number of aliphatic hydroxyl groups is 1. The predicted molar refractivity (Wildman–Crippen MR) is 61.5 cm³/mol. The third-order valence-electron chi connectivity index (χ3n) is 2.06. The molecule has 0 aromatic carbocycles. The third kappa shape index (κ3) is 3.72. The summed E-state index contributed by atoms with van der Waals surface area (Å²) >= 11 is 1.16. The molecule has 1 rings (SSSR count). The Morgan fingerprint density at radius 3 is 2.76 bits per heavy atom. The van der Waals surface area contributed by atoms with Crippen LogP contribution in [0.3, 0.4) is 0 Å². The highest BCUT2D eigenvalue weighted by Gasteiger charge is 2.20. The fourth-order valence-electron chi connectivity index (χ4n) is 1.16. The minimum absolute atomic E-state index is 0.0242. The smallest absolute Gasteiger partial charge is 0.326 e. The molecule has 94 valence electrons. The highest BCUT2D eigenvalue weighted by Crippen LogP contribution is 2.20. The molecule has 0 aliphatic carbocycles. The average Bonchev–Trinajstić information content (AvgIpc) is 2.76. The number of carbonyl (C=O) groups is 2. The molecule has 1 aromatic rings. The quantitative estimate of drug-likeness (QED) is 0.684. The maximum atomic E-state index is 11.7. The topological polar surface area (TPSA) is 95.9 Å². The van der Waals surface area contributed by atoms with Crippen molar-refractivity contribution in [3.05, 3.63) is 16.3 Å². The van der Waals surface area contributed by atoms with E-state index in [-0.39, 0.29) is 13.0 Å². The minimum Gasteiger partial charge on any atom is -0.496 e. The van der Waals surface area contributed by atoms with E-state index in [9.17, 15) is 9.59 Å². The molecule has 0 saturated carbocycles. The number of thiophene rings is 1. The molecule has 0 saturated heterocycles. The third-order valence-corrected chi connectivity index (χ3v) is 2.96. The van der Waals surface area contributed by atoms with Gasteiger partial charge < -0.3 is 20.3 Å². The van der Waals surface area contributed by atoms with Crippen LogP contribution in [-0.4, -0.2) is 41.8 Å². The molecule has 0 aliphatic heterocycles. The van der Waals surface area contributed by atoms with Gasteiger partial charge in [-0.25, -0.2) is 4.79 Å². The summed E-state index contributed by atoms with van der Waals surface area (Å²) in [5.41, 5.74) is 0. The largest absolute Gasteiger partial charge is 0.496 e. The van der Waals surface area contributed by atoms with Gasteiger partial charge in [0.05, 0.1) is 12.0 Å². The van der Waals surface area contributed by atoms with Gasteiger partial charge in [0.2, 0.25) is 0 Å². The van der Waals surface area contributed by atoms with E-state index in [0.717, 1.165) is 11.3 Å². The zero-order chi connectivity index (χ0) is 12.8. The van der Waals surface area contributed by atoms with Crippen LogP contribution in [0.1, 0.15) is 16.1 Å². The lowest BCUT2D eigenvalue weighted by Crippen LogP contribution is -2.41. The average molecular weight is 259 g/mol. The van der Waals surface area contributed by atoms with E-state index < -0.39 is 17.9 Å². The number of hydrogen-bond donors (Lipinski definition) is 3. The van der Waals surface area contributed by atoms with Gasteiger partial charge >= 0.3 is 5.97 Å². The van der Waals surface area contributed by atoms with E-state index in [2.05, 4.69) is 5.32 Å². The number of carboxylic acids is 1. The summed E-state index contributed by atoms with van der Waals surface area (Å²) in [5.74, 6) is -1.11. The van der Waals surface area contributed by atoms with Crippen LogP contribution in [0.4, 0.5) is 0 Å². The van der Waals surface area contributed by atoms with Gasteiger partial charge in [-0.05, 0) is 0 Å². The van der Waals surface area contributed by atoms with Gasteiger partial charge in [-0.3, -0.25) is 4.79 Å². The van der Waals surface area contributed by atoms with Crippen LogP contribution in [0.5, 0.6) is 5.75 Å². The number of ether oxygens (including phenoxy) is 1. The van der Waals surface area contributed by atoms with E-state index in [1.54, 1.807) is 5.38 Å². The molecule has 6 nitrogen and oxygen atoms in total. The molecule has 0 fully saturated rings. The van der Waals surface area contributed by atoms with Crippen LogP contribution in [0, 0.1) is 0 Å². The maximum Gasteiger partial charge on any atom is 0.326 e. The Labute approximate surface area is 102 Å². The molecule has 0 bridgehead atoms. The van der Waals surface area contributed by atoms with E-state index >= 15 is 0 Å².